The van der Waals surface area contributed by atoms with Gasteiger partial charge < -0.3 is 5.73 Å². The molecule has 1 saturated carbocycles. The number of hydrogen-bond acceptors (Lipinski definition) is 2. The van der Waals surface area contributed by atoms with Crippen LogP contribution in [0.25, 0.3) is 0 Å². The Kier molecular flexibility index (Phi) is 5.39. The molecule has 0 saturated heterocycles. The van der Waals surface area contributed by atoms with Gasteiger partial charge in [0.25, 0.3) is 0 Å². The average Bonchev–Trinajstić information content (AvgIpc) is 2.57. The van der Waals surface area contributed by atoms with Gasteiger partial charge in [0.2, 0.25) is 0 Å². The van der Waals surface area contributed by atoms with Crippen LogP contribution in [0.15, 0.2) is 33.6 Å². The van der Waals surface area contributed by atoms with Crippen molar-refractivity contribution >= 4 is 27.7 Å². The smallest absolute Gasteiger partial charge is 0.0176 e. The third-order valence-electron chi connectivity index (χ3n) is 3.49. The van der Waals surface area contributed by atoms with Crippen LogP contribution in [-0.2, 0) is 0 Å². The van der Waals surface area contributed by atoms with Gasteiger partial charge in [-0.2, -0.15) is 0 Å². The van der Waals surface area contributed by atoms with Crippen molar-refractivity contribution in [3.8, 4) is 0 Å². The highest BCUT2D eigenvalue weighted by Crippen LogP contribution is 2.36. The molecule has 0 aromatic heterocycles. The molecule has 94 valence electrons. The van der Waals surface area contributed by atoms with Crippen molar-refractivity contribution in [3.05, 3.63) is 28.7 Å². The summed E-state index contributed by atoms with van der Waals surface area (Å²) in [6.45, 7) is 0.841. The second kappa shape index (κ2) is 6.81. The standard InChI is InChI=1S/C14H20BrNS/c15-12-6-8-13(9-7-12)17-14-5-3-1-2-4-11(14)10-16/h6-9,11,14H,1-5,10,16H2. The van der Waals surface area contributed by atoms with E-state index in [1.54, 1.807) is 0 Å². The van der Waals surface area contributed by atoms with E-state index in [2.05, 4.69) is 40.2 Å². The van der Waals surface area contributed by atoms with Gasteiger partial charge in [0.05, 0.1) is 0 Å². The number of thioether (sulfide) groups is 1. The Morgan fingerprint density at radius 3 is 2.53 bits per heavy atom. The van der Waals surface area contributed by atoms with Crippen molar-refractivity contribution in [1.82, 2.24) is 0 Å². The van der Waals surface area contributed by atoms with Crippen LogP contribution in [0, 0.1) is 5.92 Å². The van der Waals surface area contributed by atoms with Crippen molar-refractivity contribution < 1.29 is 0 Å². The number of hydrogen-bond donors (Lipinski definition) is 1. The number of rotatable bonds is 3. The van der Waals surface area contributed by atoms with Gasteiger partial charge in [0.15, 0.2) is 0 Å². The third-order valence-corrected chi connectivity index (χ3v) is 5.49. The van der Waals surface area contributed by atoms with Crippen LogP contribution in [0.4, 0.5) is 0 Å². The Hall–Kier alpha value is 0.01000. The second-order valence-corrected chi connectivity index (χ2v) is 6.97. The Labute approximate surface area is 117 Å². The summed E-state index contributed by atoms with van der Waals surface area (Å²) in [5, 5.41) is 0.712. The molecule has 17 heavy (non-hydrogen) atoms. The Morgan fingerprint density at radius 1 is 1.12 bits per heavy atom. The first-order valence-electron chi connectivity index (χ1n) is 6.42. The van der Waals surface area contributed by atoms with E-state index in [9.17, 15) is 0 Å². The summed E-state index contributed by atoms with van der Waals surface area (Å²) >= 11 is 5.50. The molecule has 2 atom stereocenters. The highest BCUT2D eigenvalue weighted by molar-refractivity contribution is 9.10. The van der Waals surface area contributed by atoms with Crippen molar-refractivity contribution in [2.75, 3.05) is 6.54 Å². The predicted molar refractivity (Wildman–Crippen MR) is 79.4 cm³/mol. The van der Waals surface area contributed by atoms with Gasteiger partial charge in [-0.1, -0.05) is 35.2 Å². The molecule has 2 rings (SSSR count). The molecule has 1 aliphatic carbocycles. The summed E-state index contributed by atoms with van der Waals surface area (Å²) in [7, 11) is 0. The number of nitrogens with two attached hydrogens (primary N) is 1. The first-order valence-corrected chi connectivity index (χ1v) is 8.09. The van der Waals surface area contributed by atoms with E-state index >= 15 is 0 Å². The zero-order valence-corrected chi connectivity index (χ0v) is 12.5. The van der Waals surface area contributed by atoms with E-state index in [1.165, 1.54) is 37.0 Å². The largest absolute Gasteiger partial charge is 0.330 e. The van der Waals surface area contributed by atoms with E-state index < -0.39 is 0 Å². The molecule has 0 aliphatic heterocycles. The van der Waals surface area contributed by atoms with Gasteiger partial charge in [-0.15, -0.1) is 11.8 Å². The molecule has 2 N–H and O–H groups in total. The summed E-state index contributed by atoms with van der Waals surface area (Å²) in [5.41, 5.74) is 5.92. The average molecular weight is 314 g/mol. The fraction of sp³-hybridized carbons (Fsp3) is 0.571. The topological polar surface area (TPSA) is 26.0 Å². The molecule has 1 aliphatic rings. The number of halogens is 1. The minimum Gasteiger partial charge on any atom is -0.330 e. The molecule has 0 amide bonds. The van der Waals surface area contributed by atoms with E-state index in [1.807, 2.05) is 11.8 Å². The molecule has 0 spiro atoms. The van der Waals surface area contributed by atoms with Gasteiger partial charge in [-0.05, 0) is 49.6 Å². The minimum atomic E-state index is 0.700. The molecular formula is C14H20BrNS. The van der Waals surface area contributed by atoms with E-state index in [4.69, 9.17) is 5.73 Å². The fourth-order valence-corrected chi connectivity index (χ4v) is 4.09. The summed E-state index contributed by atoms with van der Waals surface area (Å²) in [6, 6.07) is 8.65. The van der Waals surface area contributed by atoms with E-state index in [0.29, 0.717) is 11.2 Å². The van der Waals surface area contributed by atoms with Gasteiger partial charge in [-0.25, -0.2) is 0 Å². The zero-order chi connectivity index (χ0) is 12.1. The zero-order valence-electron chi connectivity index (χ0n) is 10.1. The van der Waals surface area contributed by atoms with E-state index in [-0.39, 0.29) is 0 Å². The molecule has 1 aromatic carbocycles. The summed E-state index contributed by atoms with van der Waals surface area (Å²) < 4.78 is 1.15. The van der Waals surface area contributed by atoms with Crippen LogP contribution < -0.4 is 5.73 Å². The first-order chi connectivity index (χ1) is 8.29. The first kappa shape index (κ1) is 13.4. The lowest BCUT2D eigenvalue weighted by Gasteiger charge is -2.23. The van der Waals surface area contributed by atoms with Gasteiger partial charge in [0.1, 0.15) is 0 Å². The molecular weight excluding hydrogens is 294 g/mol. The Morgan fingerprint density at radius 2 is 1.82 bits per heavy atom. The molecule has 3 heteroatoms. The Bertz CT molecular complexity index is 339. The predicted octanol–water partition coefficient (Wildman–Crippen LogP) is 4.45. The fourth-order valence-electron chi connectivity index (χ4n) is 2.46. The molecule has 1 nitrogen and oxygen atoms in total. The van der Waals surface area contributed by atoms with Gasteiger partial charge >= 0.3 is 0 Å². The SMILES string of the molecule is NCC1CCCCCC1Sc1ccc(Br)cc1. The molecule has 0 radical (unpaired) electrons. The maximum absolute atomic E-state index is 5.92. The Balaban J connectivity index is 2.01. The summed E-state index contributed by atoms with van der Waals surface area (Å²) in [6.07, 6.45) is 6.74. The minimum absolute atomic E-state index is 0.700. The van der Waals surface area contributed by atoms with Crippen LogP contribution in [0.3, 0.4) is 0 Å². The van der Waals surface area contributed by atoms with Crippen LogP contribution in [-0.4, -0.2) is 11.8 Å². The lowest BCUT2D eigenvalue weighted by molar-refractivity contribution is 0.483. The number of benzene rings is 1. The maximum atomic E-state index is 5.92. The highest BCUT2D eigenvalue weighted by atomic mass is 79.9. The van der Waals surface area contributed by atoms with Crippen LogP contribution >= 0.6 is 27.7 Å². The van der Waals surface area contributed by atoms with Crippen molar-refractivity contribution in [2.45, 2.75) is 42.2 Å². The van der Waals surface area contributed by atoms with Crippen molar-refractivity contribution in [2.24, 2.45) is 11.7 Å². The highest BCUT2D eigenvalue weighted by Gasteiger charge is 2.23. The molecule has 1 fully saturated rings. The molecule has 1 aromatic rings. The third kappa shape index (κ3) is 4.01. The van der Waals surface area contributed by atoms with E-state index in [0.717, 1.165) is 11.0 Å². The van der Waals surface area contributed by atoms with Gasteiger partial charge in [0, 0.05) is 14.6 Å². The van der Waals surface area contributed by atoms with Crippen molar-refractivity contribution in [1.29, 1.82) is 0 Å². The lowest BCUT2D eigenvalue weighted by Crippen LogP contribution is -2.24. The second-order valence-electron chi connectivity index (χ2n) is 4.74. The molecule has 0 heterocycles. The van der Waals surface area contributed by atoms with Crippen LogP contribution in [0.1, 0.15) is 32.1 Å². The maximum Gasteiger partial charge on any atom is 0.0176 e. The van der Waals surface area contributed by atoms with Crippen LogP contribution in [0.2, 0.25) is 0 Å². The monoisotopic (exact) mass is 313 g/mol. The summed E-state index contributed by atoms with van der Waals surface area (Å²) in [4.78, 5) is 1.37. The molecule has 0 bridgehead atoms. The summed E-state index contributed by atoms with van der Waals surface area (Å²) in [5.74, 6) is 0.700. The lowest BCUT2D eigenvalue weighted by atomic mass is 10.0. The quantitative estimate of drug-likeness (QED) is 0.834. The van der Waals surface area contributed by atoms with Crippen molar-refractivity contribution in [3.63, 3.8) is 0 Å². The van der Waals surface area contributed by atoms with Crippen LogP contribution in [0.5, 0.6) is 0 Å². The normalized spacial score (nSPS) is 25.5. The van der Waals surface area contributed by atoms with Gasteiger partial charge in [-0.3, -0.25) is 0 Å². The molecule has 2 unspecified atom stereocenters.